The topological polar surface area (TPSA) is 72.5 Å². The highest BCUT2D eigenvalue weighted by Crippen LogP contribution is 2.38. The zero-order valence-electron chi connectivity index (χ0n) is 13.3. The van der Waals surface area contributed by atoms with Crippen LogP contribution in [0.25, 0.3) is 0 Å². The molecule has 2 aromatic carbocycles. The second-order valence-corrected chi connectivity index (χ2v) is 7.31. The monoisotopic (exact) mass is 367 g/mol. The van der Waals surface area contributed by atoms with Crippen LogP contribution in [0.1, 0.15) is 23.5 Å². The van der Waals surface area contributed by atoms with Crippen molar-refractivity contribution < 1.29 is 26.7 Å². The van der Waals surface area contributed by atoms with Crippen molar-refractivity contribution in [2.45, 2.75) is 23.7 Å². The van der Waals surface area contributed by atoms with Crippen molar-refractivity contribution in [1.82, 2.24) is 4.72 Å². The molecular weight excluding hydrogens is 352 g/mol. The summed E-state index contributed by atoms with van der Waals surface area (Å²) in [6.45, 7) is 0. The van der Waals surface area contributed by atoms with Gasteiger partial charge in [-0.25, -0.2) is 21.9 Å². The molecule has 1 unspecified atom stereocenters. The lowest BCUT2D eigenvalue weighted by Crippen LogP contribution is -2.34. The van der Waals surface area contributed by atoms with Crippen LogP contribution in [0.2, 0.25) is 0 Å². The third-order valence-corrected chi connectivity index (χ3v) is 5.54. The summed E-state index contributed by atoms with van der Waals surface area (Å²) in [6.07, 6.45) is 0.967. The smallest absolute Gasteiger partial charge is 0.267 e. The Morgan fingerprint density at radius 1 is 1.24 bits per heavy atom. The Hall–Kier alpha value is -2.48. The van der Waals surface area contributed by atoms with E-state index in [9.17, 15) is 22.0 Å². The normalized spacial score (nSPS) is 16.4. The lowest BCUT2D eigenvalue weighted by Gasteiger charge is -2.14. The minimum atomic E-state index is -4.51. The summed E-state index contributed by atoms with van der Waals surface area (Å²) in [7, 11) is -3.00. The molecule has 0 saturated carbocycles. The fourth-order valence-corrected chi connectivity index (χ4v) is 4.14. The van der Waals surface area contributed by atoms with Crippen molar-refractivity contribution in [2.24, 2.45) is 0 Å². The van der Waals surface area contributed by atoms with Crippen LogP contribution in [0.5, 0.6) is 5.75 Å². The molecule has 1 amide bonds. The SMILES string of the molecule is COc1cccc2c1CCC2C(=O)NS(=O)(=O)c1cc(F)ccc1F. The number of methoxy groups -OCH3 is 1. The first-order valence-corrected chi connectivity index (χ1v) is 8.99. The predicted octanol–water partition coefficient (Wildman–Crippen LogP) is 2.51. The Morgan fingerprint density at radius 2 is 2.00 bits per heavy atom. The van der Waals surface area contributed by atoms with Crippen molar-refractivity contribution in [3.8, 4) is 5.75 Å². The fourth-order valence-electron chi connectivity index (χ4n) is 3.03. The largest absolute Gasteiger partial charge is 0.496 e. The average molecular weight is 367 g/mol. The molecule has 5 nitrogen and oxygen atoms in total. The second kappa shape index (κ2) is 6.44. The van der Waals surface area contributed by atoms with Gasteiger partial charge in [0.05, 0.1) is 13.0 Å². The third-order valence-electron chi connectivity index (χ3n) is 4.18. The molecule has 0 bridgehead atoms. The van der Waals surface area contributed by atoms with E-state index in [4.69, 9.17) is 4.74 Å². The summed E-state index contributed by atoms with van der Waals surface area (Å²) in [6, 6.07) is 7.24. The van der Waals surface area contributed by atoms with Crippen molar-refractivity contribution in [3.63, 3.8) is 0 Å². The quantitative estimate of drug-likeness (QED) is 0.901. The van der Waals surface area contributed by atoms with Crippen LogP contribution in [-0.4, -0.2) is 21.4 Å². The fraction of sp³-hybridized carbons (Fsp3) is 0.235. The number of hydrogen-bond donors (Lipinski definition) is 1. The molecule has 2 aromatic rings. The standard InChI is InChI=1S/C17H15F2NO4S/c1-24-15-4-2-3-11-12(15)6-7-13(11)17(21)20-25(22,23)16-9-10(18)5-8-14(16)19/h2-5,8-9,13H,6-7H2,1H3,(H,20,21). The van der Waals surface area contributed by atoms with Gasteiger partial charge in [-0.2, -0.15) is 0 Å². The van der Waals surface area contributed by atoms with E-state index in [1.807, 2.05) is 4.72 Å². The van der Waals surface area contributed by atoms with E-state index in [1.54, 1.807) is 18.2 Å². The first kappa shape index (κ1) is 17.3. The number of amides is 1. The summed E-state index contributed by atoms with van der Waals surface area (Å²) < 4.78 is 58.5. The van der Waals surface area contributed by atoms with Gasteiger partial charge in [0.2, 0.25) is 5.91 Å². The Labute approximate surface area is 143 Å². The van der Waals surface area contributed by atoms with Gasteiger partial charge in [0.15, 0.2) is 0 Å². The molecule has 25 heavy (non-hydrogen) atoms. The minimum Gasteiger partial charge on any atom is -0.496 e. The van der Waals surface area contributed by atoms with Gasteiger partial charge < -0.3 is 4.74 Å². The van der Waals surface area contributed by atoms with Gasteiger partial charge in [-0.1, -0.05) is 12.1 Å². The molecule has 0 heterocycles. The van der Waals surface area contributed by atoms with E-state index in [0.717, 1.165) is 11.6 Å². The van der Waals surface area contributed by atoms with E-state index in [-0.39, 0.29) is 0 Å². The van der Waals surface area contributed by atoms with Gasteiger partial charge >= 0.3 is 0 Å². The van der Waals surface area contributed by atoms with Crippen LogP contribution >= 0.6 is 0 Å². The third kappa shape index (κ3) is 3.21. The molecule has 0 radical (unpaired) electrons. The Kier molecular flexibility index (Phi) is 4.47. The molecule has 0 saturated heterocycles. The first-order chi connectivity index (χ1) is 11.8. The molecule has 0 aromatic heterocycles. The van der Waals surface area contributed by atoms with Gasteiger partial charge in [0, 0.05) is 0 Å². The molecular formula is C17H15F2NO4S. The number of carbonyl (C=O) groups is 1. The number of fused-ring (bicyclic) bond motifs is 1. The van der Waals surface area contributed by atoms with Gasteiger partial charge in [-0.15, -0.1) is 0 Å². The molecule has 1 atom stereocenters. The highest BCUT2D eigenvalue weighted by atomic mass is 32.2. The maximum atomic E-state index is 13.7. The molecule has 1 aliphatic carbocycles. The van der Waals surface area contributed by atoms with E-state index in [0.29, 0.717) is 36.3 Å². The second-order valence-electron chi connectivity index (χ2n) is 5.66. The number of halogens is 2. The van der Waals surface area contributed by atoms with Crippen LogP contribution in [0, 0.1) is 11.6 Å². The van der Waals surface area contributed by atoms with Crippen molar-refractivity contribution in [1.29, 1.82) is 0 Å². The number of ether oxygens (including phenoxy) is 1. The molecule has 0 fully saturated rings. The van der Waals surface area contributed by atoms with Crippen molar-refractivity contribution in [2.75, 3.05) is 7.11 Å². The summed E-state index contributed by atoms with van der Waals surface area (Å²) in [5.74, 6) is -2.89. The average Bonchev–Trinajstić information content (AvgIpc) is 3.00. The molecule has 3 rings (SSSR count). The summed E-state index contributed by atoms with van der Waals surface area (Å²) in [5, 5.41) is 0. The first-order valence-electron chi connectivity index (χ1n) is 7.51. The van der Waals surface area contributed by atoms with Crippen LogP contribution in [0.15, 0.2) is 41.3 Å². The number of carbonyl (C=O) groups excluding carboxylic acids is 1. The van der Waals surface area contributed by atoms with Crippen molar-refractivity contribution >= 4 is 15.9 Å². The number of sulfonamides is 1. The zero-order chi connectivity index (χ0) is 18.2. The van der Waals surface area contributed by atoms with E-state index < -0.39 is 38.4 Å². The van der Waals surface area contributed by atoms with Crippen LogP contribution < -0.4 is 9.46 Å². The van der Waals surface area contributed by atoms with Crippen LogP contribution in [0.3, 0.4) is 0 Å². The summed E-state index contributed by atoms with van der Waals surface area (Å²) in [4.78, 5) is 11.5. The minimum absolute atomic E-state index is 0.405. The van der Waals surface area contributed by atoms with Gasteiger partial charge in [0.25, 0.3) is 10.0 Å². The molecule has 1 N–H and O–H groups in total. The van der Waals surface area contributed by atoms with Gasteiger partial charge in [-0.05, 0) is 48.2 Å². The Balaban J connectivity index is 1.88. The molecule has 0 aliphatic heterocycles. The molecule has 1 aliphatic rings. The number of hydrogen-bond acceptors (Lipinski definition) is 4. The highest BCUT2D eigenvalue weighted by molar-refractivity contribution is 7.90. The van der Waals surface area contributed by atoms with Crippen LogP contribution in [0.4, 0.5) is 8.78 Å². The maximum absolute atomic E-state index is 13.7. The highest BCUT2D eigenvalue weighted by Gasteiger charge is 2.33. The molecule has 132 valence electrons. The number of nitrogens with one attached hydrogen (secondary N) is 1. The lowest BCUT2D eigenvalue weighted by molar-refractivity contribution is -0.120. The van der Waals surface area contributed by atoms with Crippen molar-refractivity contribution in [3.05, 3.63) is 59.2 Å². The van der Waals surface area contributed by atoms with E-state index in [1.165, 1.54) is 7.11 Å². The van der Waals surface area contributed by atoms with E-state index in [2.05, 4.69) is 0 Å². The van der Waals surface area contributed by atoms with Gasteiger partial charge in [0.1, 0.15) is 22.3 Å². The number of benzene rings is 2. The molecule has 8 heteroatoms. The maximum Gasteiger partial charge on any atom is 0.267 e. The van der Waals surface area contributed by atoms with Gasteiger partial charge in [-0.3, -0.25) is 4.79 Å². The summed E-state index contributed by atoms with van der Waals surface area (Å²) >= 11 is 0. The summed E-state index contributed by atoms with van der Waals surface area (Å²) in [5.41, 5.74) is 1.52. The van der Waals surface area contributed by atoms with E-state index >= 15 is 0 Å². The molecule has 0 spiro atoms. The lowest BCUT2D eigenvalue weighted by atomic mass is 10.0. The van der Waals surface area contributed by atoms with Crippen LogP contribution in [-0.2, 0) is 21.2 Å². The predicted molar refractivity (Wildman–Crippen MR) is 85.7 cm³/mol. The Bertz CT molecular complexity index is 944. The zero-order valence-corrected chi connectivity index (χ0v) is 14.1. The number of rotatable bonds is 4. The Morgan fingerprint density at radius 3 is 2.72 bits per heavy atom.